The second-order valence-electron chi connectivity index (χ2n) is 6.86. The average molecular weight is 322 g/mol. The maximum atomic E-state index is 12.4. The Morgan fingerprint density at radius 3 is 2.29 bits per heavy atom. The van der Waals surface area contributed by atoms with Crippen molar-refractivity contribution < 1.29 is 9.53 Å². The summed E-state index contributed by atoms with van der Waals surface area (Å²) >= 11 is 0. The van der Waals surface area contributed by atoms with Crippen LogP contribution in [0.2, 0.25) is 0 Å². The molecular formula is C20H22N2O2. The number of esters is 1. The molecule has 0 fully saturated rings. The SMILES string of the molecule is CC(c1ccccc1)C(OC(=O)C(C)(C)C)c1ccc(C#N)nc1. The highest BCUT2D eigenvalue weighted by Crippen LogP contribution is 2.35. The molecule has 24 heavy (non-hydrogen) atoms. The molecule has 2 rings (SSSR count). The van der Waals surface area contributed by atoms with E-state index in [-0.39, 0.29) is 11.9 Å². The Balaban J connectivity index is 2.37. The van der Waals surface area contributed by atoms with E-state index in [0.717, 1.165) is 11.1 Å². The van der Waals surface area contributed by atoms with Gasteiger partial charge in [0.05, 0.1) is 5.41 Å². The van der Waals surface area contributed by atoms with Crippen LogP contribution in [-0.4, -0.2) is 11.0 Å². The summed E-state index contributed by atoms with van der Waals surface area (Å²) in [6.45, 7) is 7.51. The van der Waals surface area contributed by atoms with Gasteiger partial charge < -0.3 is 4.74 Å². The molecule has 0 bridgehead atoms. The summed E-state index contributed by atoms with van der Waals surface area (Å²) in [5.74, 6) is -0.299. The molecule has 1 aromatic carbocycles. The van der Waals surface area contributed by atoms with Crippen LogP contribution < -0.4 is 0 Å². The van der Waals surface area contributed by atoms with E-state index in [9.17, 15) is 4.79 Å². The summed E-state index contributed by atoms with van der Waals surface area (Å²) < 4.78 is 5.83. The quantitative estimate of drug-likeness (QED) is 0.783. The van der Waals surface area contributed by atoms with E-state index in [0.29, 0.717) is 5.69 Å². The van der Waals surface area contributed by atoms with Gasteiger partial charge in [-0.15, -0.1) is 0 Å². The molecule has 0 amide bonds. The molecule has 1 aromatic heterocycles. The number of hydrogen-bond acceptors (Lipinski definition) is 4. The summed E-state index contributed by atoms with van der Waals surface area (Å²) in [5, 5.41) is 8.91. The Bertz CT molecular complexity index is 725. The topological polar surface area (TPSA) is 63.0 Å². The molecule has 4 heteroatoms. The normalized spacial score (nSPS) is 13.6. The third-order valence-electron chi connectivity index (χ3n) is 3.86. The first-order chi connectivity index (χ1) is 11.3. The first-order valence-corrected chi connectivity index (χ1v) is 7.95. The van der Waals surface area contributed by atoms with Gasteiger partial charge in [0.25, 0.3) is 0 Å². The molecule has 0 N–H and O–H groups in total. The van der Waals surface area contributed by atoms with Crippen LogP contribution in [0, 0.1) is 16.7 Å². The molecule has 2 aromatic rings. The molecule has 0 saturated carbocycles. The van der Waals surface area contributed by atoms with Gasteiger partial charge in [0.2, 0.25) is 0 Å². The van der Waals surface area contributed by atoms with Crippen molar-refractivity contribution in [3.63, 3.8) is 0 Å². The van der Waals surface area contributed by atoms with E-state index in [1.807, 2.05) is 64.1 Å². The largest absolute Gasteiger partial charge is 0.456 e. The molecule has 1 heterocycles. The number of carbonyl (C=O) groups is 1. The third-order valence-corrected chi connectivity index (χ3v) is 3.86. The Kier molecular flexibility index (Phi) is 5.35. The van der Waals surface area contributed by atoms with E-state index in [2.05, 4.69) is 4.98 Å². The van der Waals surface area contributed by atoms with Crippen LogP contribution in [0.1, 0.15) is 56.5 Å². The fourth-order valence-electron chi connectivity index (χ4n) is 2.32. The van der Waals surface area contributed by atoms with Gasteiger partial charge in [-0.3, -0.25) is 4.79 Å². The van der Waals surface area contributed by atoms with Crippen molar-refractivity contribution >= 4 is 5.97 Å². The second-order valence-corrected chi connectivity index (χ2v) is 6.86. The second kappa shape index (κ2) is 7.27. The third kappa shape index (κ3) is 4.20. The number of rotatable bonds is 4. The minimum absolute atomic E-state index is 0.0350. The Hall–Kier alpha value is -2.67. The van der Waals surface area contributed by atoms with E-state index < -0.39 is 11.5 Å². The fraction of sp³-hybridized carbons (Fsp3) is 0.350. The Morgan fingerprint density at radius 1 is 1.12 bits per heavy atom. The van der Waals surface area contributed by atoms with Crippen LogP contribution >= 0.6 is 0 Å². The monoisotopic (exact) mass is 322 g/mol. The number of benzene rings is 1. The predicted molar refractivity (Wildman–Crippen MR) is 92.1 cm³/mol. The molecule has 0 saturated heterocycles. The lowest BCUT2D eigenvalue weighted by atomic mass is 9.90. The molecule has 0 aliphatic rings. The molecule has 124 valence electrons. The summed E-state index contributed by atoms with van der Waals surface area (Å²) in [6, 6.07) is 15.3. The van der Waals surface area contributed by atoms with Crippen molar-refractivity contribution in [2.75, 3.05) is 0 Å². The Labute approximate surface area is 143 Å². The number of nitrogens with zero attached hydrogens (tertiary/aromatic N) is 2. The number of pyridine rings is 1. The molecule has 0 aliphatic carbocycles. The van der Waals surface area contributed by atoms with Gasteiger partial charge in [-0.25, -0.2) is 4.98 Å². The zero-order valence-corrected chi connectivity index (χ0v) is 14.5. The zero-order valence-electron chi connectivity index (χ0n) is 14.5. The first-order valence-electron chi connectivity index (χ1n) is 7.95. The smallest absolute Gasteiger partial charge is 0.311 e. The summed E-state index contributed by atoms with van der Waals surface area (Å²) in [6.07, 6.45) is 1.15. The van der Waals surface area contributed by atoms with Crippen molar-refractivity contribution in [3.8, 4) is 6.07 Å². The molecule has 0 spiro atoms. The minimum Gasteiger partial charge on any atom is -0.456 e. The zero-order chi connectivity index (χ0) is 17.7. The van der Waals surface area contributed by atoms with E-state index in [1.54, 1.807) is 18.3 Å². The van der Waals surface area contributed by atoms with E-state index >= 15 is 0 Å². The molecule has 0 aliphatic heterocycles. The van der Waals surface area contributed by atoms with Gasteiger partial charge in [-0.1, -0.05) is 43.3 Å². The maximum Gasteiger partial charge on any atom is 0.311 e. The first kappa shape index (κ1) is 17.7. The lowest BCUT2D eigenvalue weighted by Crippen LogP contribution is -2.27. The highest BCUT2D eigenvalue weighted by Gasteiger charge is 2.30. The van der Waals surface area contributed by atoms with Crippen molar-refractivity contribution in [3.05, 3.63) is 65.5 Å². The minimum atomic E-state index is -0.589. The van der Waals surface area contributed by atoms with Crippen molar-refractivity contribution in [2.24, 2.45) is 5.41 Å². The number of ether oxygens (including phenoxy) is 1. The van der Waals surface area contributed by atoms with Crippen LogP contribution in [0.15, 0.2) is 48.7 Å². The van der Waals surface area contributed by atoms with Crippen molar-refractivity contribution in [2.45, 2.75) is 39.7 Å². The van der Waals surface area contributed by atoms with Gasteiger partial charge in [0, 0.05) is 17.7 Å². The molecule has 2 unspecified atom stereocenters. The van der Waals surface area contributed by atoms with Gasteiger partial charge in [0.1, 0.15) is 17.9 Å². The number of carbonyl (C=O) groups excluding carboxylic acids is 1. The van der Waals surface area contributed by atoms with E-state index in [1.165, 1.54) is 0 Å². The van der Waals surface area contributed by atoms with Gasteiger partial charge >= 0.3 is 5.97 Å². The maximum absolute atomic E-state index is 12.4. The summed E-state index contributed by atoms with van der Waals surface area (Å²) in [7, 11) is 0. The van der Waals surface area contributed by atoms with Crippen LogP contribution in [0.25, 0.3) is 0 Å². The molecule has 0 radical (unpaired) electrons. The summed E-state index contributed by atoms with van der Waals surface area (Å²) in [5.41, 5.74) is 1.61. The molecule has 4 nitrogen and oxygen atoms in total. The molecule has 2 atom stereocenters. The average Bonchev–Trinajstić information content (AvgIpc) is 2.59. The van der Waals surface area contributed by atoms with Gasteiger partial charge in [-0.05, 0) is 32.4 Å². The lowest BCUT2D eigenvalue weighted by Gasteiger charge is -2.28. The fourth-order valence-corrected chi connectivity index (χ4v) is 2.32. The molecular weight excluding hydrogens is 300 g/mol. The van der Waals surface area contributed by atoms with Gasteiger partial charge in [-0.2, -0.15) is 5.26 Å². The standard InChI is InChI=1S/C20H22N2O2/c1-14(15-8-6-5-7-9-15)18(24-19(23)20(2,3)4)16-10-11-17(12-21)22-13-16/h5-11,13-14,18H,1-4H3. The number of aromatic nitrogens is 1. The number of hydrogen-bond donors (Lipinski definition) is 0. The highest BCUT2D eigenvalue weighted by atomic mass is 16.5. The van der Waals surface area contributed by atoms with Crippen LogP contribution in [0.3, 0.4) is 0 Å². The van der Waals surface area contributed by atoms with Crippen LogP contribution in [0.4, 0.5) is 0 Å². The predicted octanol–water partition coefficient (Wildman–Crippen LogP) is 4.39. The highest BCUT2D eigenvalue weighted by molar-refractivity contribution is 5.75. The summed E-state index contributed by atoms with van der Waals surface area (Å²) in [4.78, 5) is 16.5. The number of nitriles is 1. The van der Waals surface area contributed by atoms with Crippen LogP contribution in [0.5, 0.6) is 0 Å². The van der Waals surface area contributed by atoms with Crippen LogP contribution in [-0.2, 0) is 9.53 Å². The van der Waals surface area contributed by atoms with Gasteiger partial charge in [0.15, 0.2) is 0 Å². The van der Waals surface area contributed by atoms with Crippen molar-refractivity contribution in [1.82, 2.24) is 4.98 Å². The lowest BCUT2D eigenvalue weighted by molar-refractivity contribution is -0.160. The van der Waals surface area contributed by atoms with Crippen molar-refractivity contribution in [1.29, 1.82) is 5.26 Å². The van der Waals surface area contributed by atoms with E-state index in [4.69, 9.17) is 10.00 Å². The Morgan fingerprint density at radius 2 is 1.79 bits per heavy atom.